The third kappa shape index (κ3) is 22.5. The Balaban J connectivity index is 0.000000161. The number of benzene rings is 7. The van der Waals surface area contributed by atoms with Gasteiger partial charge in [0.15, 0.2) is 16.2 Å². The highest BCUT2D eigenvalue weighted by Gasteiger charge is 2.57. The number of carbonyl (C=O) groups excluding carboxylic acids is 3. The quantitative estimate of drug-likeness (QED) is 0.0187. The molecule has 5 atom stereocenters. The zero-order valence-corrected chi connectivity index (χ0v) is 79.6. The lowest BCUT2D eigenvalue weighted by Gasteiger charge is -2.35. The number of hydrogen-bond acceptors (Lipinski definition) is 22. The van der Waals surface area contributed by atoms with Gasteiger partial charge in [-0.1, -0.05) is 48.0 Å². The number of amides is 3. The molecule has 0 radical (unpaired) electrons. The number of pyridine rings is 3. The second-order valence-corrected chi connectivity index (χ2v) is 47.6. The second kappa shape index (κ2) is 40.0. The van der Waals surface area contributed by atoms with Gasteiger partial charge in [0.05, 0.1) is 67.5 Å². The number of piperidine rings is 1. The van der Waals surface area contributed by atoms with E-state index in [-0.39, 0.29) is 158 Å². The molecule has 3 saturated carbocycles. The Morgan fingerprint density at radius 1 is 0.500 bits per heavy atom. The molecule has 55 heteroatoms. The van der Waals surface area contributed by atoms with E-state index in [4.69, 9.17) is 25.8 Å². The third-order valence-electron chi connectivity index (χ3n) is 25.7. The van der Waals surface area contributed by atoms with Crippen LogP contribution >= 0.6 is 57.2 Å². The maximum absolute atomic E-state index is 15.9. The van der Waals surface area contributed by atoms with Gasteiger partial charge in [-0.2, -0.15) is 5.26 Å². The Morgan fingerprint density at radius 2 is 0.944 bits per heavy atom. The van der Waals surface area contributed by atoms with Crippen LogP contribution in [-0.4, -0.2) is 227 Å². The highest BCUT2D eigenvalue weighted by molar-refractivity contribution is 7.71. The number of nitrogens with zero attached hydrogens (tertiary/aromatic N) is 9. The first kappa shape index (κ1) is 104. The van der Waals surface area contributed by atoms with Crippen LogP contribution in [0.4, 0.5) is 53.4 Å². The number of carboxylic acid groups (broad SMARTS) is 3. The molecule has 754 valence electrons. The van der Waals surface area contributed by atoms with E-state index in [9.17, 15) is 159 Å². The molecule has 16 N–H and O–H groups in total. The molecule has 1 unspecified atom stereocenters. The molecule has 142 heavy (non-hydrogen) atoms. The van der Waals surface area contributed by atoms with Crippen LogP contribution in [0.1, 0.15) is 110 Å². The molecule has 4 saturated heterocycles. The molecule has 43 nitrogen and oxygen atoms in total. The summed E-state index contributed by atoms with van der Waals surface area (Å²) in [7, 11) is -30.7. The zero-order valence-electron chi connectivity index (χ0n) is 73.4. The van der Waals surface area contributed by atoms with Gasteiger partial charge in [-0.25, -0.2) is 50.7 Å². The first-order valence-electron chi connectivity index (χ1n) is 43.1. The average molecular weight is 2120 g/mol. The first-order valence-corrected chi connectivity index (χ1v) is 53.6. The summed E-state index contributed by atoms with van der Waals surface area (Å²) in [5.41, 5.74) is -3.72. The van der Waals surface area contributed by atoms with Crippen LogP contribution in [0, 0.1) is 45.9 Å². The van der Waals surface area contributed by atoms with Gasteiger partial charge in [0.1, 0.15) is 75.0 Å². The van der Waals surface area contributed by atoms with Crippen molar-refractivity contribution in [2.45, 2.75) is 111 Å². The largest absolute Gasteiger partial charge is 0.477 e. The summed E-state index contributed by atoms with van der Waals surface area (Å²) in [6.45, 7) is 1.67. The second-order valence-electron chi connectivity index (χ2n) is 35.2. The van der Waals surface area contributed by atoms with Crippen molar-refractivity contribution in [2.75, 3.05) is 73.6 Å². The van der Waals surface area contributed by atoms with Crippen molar-refractivity contribution in [3.05, 3.63) is 238 Å². The van der Waals surface area contributed by atoms with Crippen molar-refractivity contribution in [2.24, 2.45) is 11.3 Å². The number of carbonyl (C=O) groups is 6. The predicted octanol–water partition coefficient (Wildman–Crippen LogP) is 10.6. The lowest BCUT2D eigenvalue weighted by molar-refractivity contribution is 0.0684. The third-order valence-corrected chi connectivity index (χ3v) is 37.2. The zero-order chi connectivity index (χ0) is 103. The van der Waals surface area contributed by atoms with E-state index in [1.807, 2.05) is 0 Å². The van der Waals surface area contributed by atoms with E-state index >= 15 is 13.2 Å². The molecule has 0 bridgehead atoms. The minimum atomic E-state index is -5.13. The SMILES string of the molecule is N#Cc1c(N2C[C@@H]3CCCN(C(=O)Oc4ccc(CC(P(=O)(O)O)P(=O)(O)O)cc4)[C@@H]3C2)c(F)cc2c(=O)c(C(=O)O)cn(C3CC3)c12.O=C(N[C@@H]1CN(c2c(F)cc3c(=O)c(C(=O)O)cn(C4C[C@@H]4F)c3c2Cl)CC12CC2)Oc1ccc(CC(P(=O)(O)O)P(=O)(O)O)cc1.O=C(O)c1cn(-c2ccc(F)cc2)c2cc(N3CCN(C(=O)Oc4ccc(CC(P(=O)(O)O)P(=O)(O)O)cc4)CC3)c(F)cc2c1=O. The molecule has 3 aliphatic carbocycles. The van der Waals surface area contributed by atoms with Gasteiger partial charge in [-0.15, -0.1) is 0 Å². The number of rotatable bonds is 25. The van der Waals surface area contributed by atoms with Crippen LogP contribution in [-0.2, 0) is 46.7 Å². The minimum Gasteiger partial charge on any atom is -0.477 e. The molecular weight excluding hydrogens is 2030 g/mol. The number of aromatic nitrogens is 3. The number of nitrogens with one attached hydrogen (secondary N) is 1. The maximum atomic E-state index is 15.9. The summed E-state index contributed by atoms with van der Waals surface area (Å²) < 4.78 is 165. The lowest BCUT2D eigenvalue weighted by atomic mass is 9.92. The summed E-state index contributed by atoms with van der Waals surface area (Å²) >= 11 is 6.71. The van der Waals surface area contributed by atoms with Crippen molar-refractivity contribution in [1.29, 1.82) is 5.26 Å². The Bertz CT molecular complexity index is 7280. The number of likely N-dealkylation sites (tertiary alicyclic amines) is 1. The van der Waals surface area contributed by atoms with Crippen molar-refractivity contribution >= 4 is 143 Å². The predicted molar refractivity (Wildman–Crippen MR) is 495 cm³/mol. The van der Waals surface area contributed by atoms with Crippen LogP contribution in [0.2, 0.25) is 5.02 Å². The molecule has 7 aliphatic rings. The van der Waals surface area contributed by atoms with Gasteiger partial charge in [0.2, 0.25) is 16.3 Å². The number of halogens is 6. The van der Waals surface area contributed by atoms with E-state index in [1.165, 1.54) is 116 Å². The Hall–Kier alpha value is -11.9. The maximum Gasteiger partial charge on any atom is 0.415 e. The Morgan fingerprint density at radius 3 is 1.40 bits per heavy atom. The fourth-order valence-corrected chi connectivity index (χ4v) is 26.0. The molecule has 4 aliphatic heterocycles. The number of hydrogen-bond donors (Lipinski definition) is 16. The van der Waals surface area contributed by atoms with Gasteiger partial charge in [0.25, 0.3) is 0 Å². The highest BCUT2D eigenvalue weighted by atomic mass is 35.5. The number of carboxylic acids is 3. The Kier molecular flexibility index (Phi) is 29.4. The van der Waals surface area contributed by atoms with Gasteiger partial charge < -0.3 is 132 Å². The summed E-state index contributed by atoms with van der Waals surface area (Å²) in [6, 6.07) is 25.3. The fraction of sp³-hybridized carbons (Fsp3) is 0.333. The van der Waals surface area contributed by atoms with E-state index in [0.717, 1.165) is 42.7 Å². The summed E-state index contributed by atoms with van der Waals surface area (Å²) in [4.78, 5) is 233. The molecule has 7 aromatic carbocycles. The van der Waals surface area contributed by atoms with E-state index in [0.29, 0.717) is 57.3 Å². The molecule has 3 aromatic heterocycles. The number of alkyl halides is 1. The number of fused-ring (bicyclic) bond motifs is 4. The van der Waals surface area contributed by atoms with Crippen LogP contribution in [0.3, 0.4) is 0 Å². The van der Waals surface area contributed by atoms with Crippen molar-refractivity contribution < 1.29 is 166 Å². The normalized spacial score (nSPS) is 18.6. The van der Waals surface area contributed by atoms with Crippen LogP contribution in [0.5, 0.6) is 17.2 Å². The van der Waals surface area contributed by atoms with Gasteiger partial charge >= 0.3 is 81.8 Å². The molecule has 10 aromatic rings. The monoisotopic (exact) mass is 2110 g/mol. The minimum absolute atomic E-state index is 0.0141. The fourth-order valence-electron chi connectivity index (χ4n) is 18.1. The number of piperazine rings is 1. The number of nitriles is 1. The van der Waals surface area contributed by atoms with Gasteiger partial charge in [-0.3, -0.25) is 41.8 Å². The number of aromatic carboxylic acids is 3. The number of ether oxygens (including phenoxy) is 3. The van der Waals surface area contributed by atoms with Crippen LogP contribution in [0.25, 0.3) is 38.4 Å². The topological polar surface area (TPSA) is 654 Å². The smallest absolute Gasteiger partial charge is 0.415 e. The molecule has 3 amide bonds. The molecule has 7 fully saturated rings. The van der Waals surface area contributed by atoms with Crippen molar-refractivity contribution in [1.82, 2.24) is 28.8 Å². The van der Waals surface area contributed by atoms with E-state index in [1.54, 1.807) is 19.3 Å². The van der Waals surface area contributed by atoms with Crippen LogP contribution in [0.15, 0.2) is 154 Å². The Labute approximate surface area is 802 Å². The van der Waals surface area contributed by atoms with E-state index in [2.05, 4.69) is 11.4 Å². The van der Waals surface area contributed by atoms with Crippen molar-refractivity contribution in [3.63, 3.8) is 0 Å². The molecular formula is C87H86ClF5N10O33P6. The first-order chi connectivity index (χ1) is 66.5. The van der Waals surface area contributed by atoms with Crippen molar-refractivity contribution in [3.8, 4) is 29.0 Å². The lowest BCUT2D eigenvalue weighted by Crippen LogP contribution is -2.49. The van der Waals surface area contributed by atoms with Gasteiger partial charge in [-0.05, 0) is 165 Å². The van der Waals surface area contributed by atoms with Crippen LogP contribution < -0.4 is 50.5 Å². The summed E-state index contributed by atoms with van der Waals surface area (Å²) in [5, 5.41) is 34.2. The summed E-state index contributed by atoms with van der Waals surface area (Å²) in [5.74, 6) is -7.50. The molecule has 17 rings (SSSR count). The standard InChI is InChI=1S/C30H31FN4O11P2.C29H27F2N3O11P2.C28H28ClF2N3O11P2/c31-23-11-20-26(35(18-5-6-18)14-22(28(20)36)29(37)38)21(12-32)27(23)33-13-17-2-1-9-34(24(17)15-33)30(39)46-19-7-3-16(4-8-19)10-25(47(40,41)42)48(43,44)45;30-18-3-5-19(6-4-18)34-16-22(28(36)37)27(35)21-14-23(31)25(15-24(21)34)32-9-11-33(12-10-32)29(38)45-20-7-1-17(2-8-20)13-26(46(39,40)41)47(42,43)44;29-22-23-15(25(35)16(26(36)37)10-34(23)19-9-17(19)30)8-18(31)24(22)33-11-20(28(12-33)5-6-28)32-27(38)45-14-3-1-13(2-4-14)7-21(46(39,40)41)47(42,43)44/h3-4,7-8,11,14,17-18,24-25H,1-2,5-6,9-10,13,15H2,(H,37,38)(H2,40,41,42)(H2,43,44,45);1-8,14-16,26H,9-13H2,(H,36,37)(H2,39,40,41)(H2,42,43,44);1-4,8,10,17,19-21H,5-7,9,11-12H2,(H,32,38)(H,36,37)(H2,39,40,41)(H2,42,43,44)/t17-,24+;;17-,19?,20+/m0.0/s1. The number of anilines is 3. The summed E-state index contributed by atoms with van der Waals surface area (Å²) in [6.07, 6.45) is 2.11. The van der Waals surface area contributed by atoms with Gasteiger partial charge in [0, 0.05) is 106 Å². The van der Waals surface area contributed by atoms with E-state index < -0.39 is 203 Å². The highest BCUT2D eigenvalue weighted by Crippen LogP contribution is 2.64. The molecule has 7 heterocycles. The molecule has 1 spiro atoms. The average Bonchev–Trinajstić information content (AvgIpc) is 1.56.